The Kier molecular flexibility index (Phi) is 9.67. The van der Waals surface area contributed by atoms with Gasteiger partial charge in [-0.15, -0.1) is 0 Å². The van der Waals surface area contributed by atoms with Crippen molar-refractivity contribution in [1.29, 1.82) is 0 Å². The smallest absolute Gasteiger partial charge is 0.136 e. The molecular formula is C68H54N2O. The number of furan rings is 1. The summed E-state index contributed by atoms with van der Waals surface area (Å²) >= 11 is 0. The summed E-state index contributed by atoms with van der Waals surface area (Å²) in [6, 6.07) is 80.6. The van der Waals surface area contributed by atoms with E-state index in [-0.39, 0.29) is 10.8 Å². The molecule has 13 rings (SSSR count). The van der Waals surface area contributed by atoms with Crippen LogP contribution in [0.4, 0.5) is 34.1 Å². The zero-order chi connectivity index (χ0) is 48.2. The average molecular weight is 915 g/mol. The van der Waals surface area contributed by atoms with Crippen molar-refractivity contribution in [3.63, 3.8) is 0 Å². The van der Waals surface area contributed by atoms with Crippen molar-refractivity contribution in [2.24, 2.45) is 0 Å². The summed E-state index contributed by atoms with van der Waals surface area (Å²) in [6.45, 7) is 13.9. The fourth-order valence-electron chi connectivity index (χ4n) is 11.3. The highest BCUT2D eigenvalue weighted by Gasteiger charge is 2.29. The SMILES string of the molecule is CC(C)(C)c1ccc2ccccc2c1N(c1ccc2cc3c(cc2c1)oc1cc2cc(N(c4cccc5ccccc45)c4c(C(C)(C)C)ccc5ccccc45)ccc2cc13)c1cccc2ccccc12. The molecule has 3 heteroatoms. The van der Waals surface area contributed by atoms with Crippen molar-refractivity contribution >= 4 is 121 Å². The maximum absolute atomic E-state index is 6.94. The minimum atomic E-state index is -0.122. The van der Waals surface area contributed by atoms with Gasteiger partial charge in [0.2, 0.25) is 0 Å². The highest BCUT2D eigenvalue weighted by Crippen LogP contribution is 2.50. The lowest BCUT2D eigenvalue weighted by atomic mass is 9.83. The summed E-state index contributed by atoms with van der Waals surface area (Å²) in [6.07, 6.45) is 0. The average Bonchev–Trinajstić information content (AvgIpc) is 3.72. The van der Waals surface area contributed by atoms with Gasteiger partial charge in [-0.05, 0) is 126 Å². The topological polar surface area (TPSA) is 19.6 Å². The van der Waals surface area contributed by atoms with Gasteiger partial charge < -0.3 is 14.2 Å². The molecule has 3 nitrogen and oxygen atoms in total. The van der Waals surface area contributed by atoms with Crippen molar-refractivity contribution in [3.8, 4) is 0 Å². The molecule has 0 bridgehead atoms. The van der Waals surface area contributed by atoms with Crippen LogP contribution in [0.1, 0.15) is 52.7 Å². The van der Waals surface area contributed by atoms with Crippen LogP contribution in [-0.4, -0.2) is 0 Å². The maximum Gasteiger partial charge on any atom is 0.136 e. The first-order valence-electron chi connectivity index (χ1n) is 24.9. The van der Waals surface area contributed by atoms with Crippen LogP contribution in [-0.2, 0) is 10.8 Å². The second-order valence-corrected chi connectivity index (χ2v) is 21.4. The first kappa shape index (κ1) is 42.7. The summed E-state index contributed by atoms with van der Waals surface area (Å²) < 4.78 is 6.94. The van der Waals surface area contributed by atoms with Gasteiger partial charge in [-0.2, -0.15) is 0 Å². The first-order chi connectivity index (χ1) is 34.5. The molecule has 71 heavy (non-hydrogen) atoms. The summed E-state index contributed by atoms with van der Waals surface area (Å²) in [4.78, 5) is 5.00. The van der Waals surface area contributed by atoms with E-state index in [4.69, 9.17) is 4.42 Å². The van der Waals surface area contributed by atoms with Gasteiger partial charge >= 0.3 is 0 Å². The summed E-state index contributed by atoms with van der Waals surface area (Å²) in [5, 5.41) is 16.5. The third-order valence-corrected chi connectivity index (χ3v) is 14.8. The van der Waals surface area contributed by atoms with Crippen LogP contribution in [0, 0.1) is 0 Å². The zero-order valence-corrected chi connectivity index (χ0v) is 41.1. The predicted octanol–water partition coefficient (Wildman–Crippen LogP) is 20.0. The van der Waals surface area contributed by atoms with Crippen LogP contribution >= 0.6 is 0 Å². The second-order valence-electron chi connectivity index (χ2n) is 21.4. The molecule has 1 heterocycles. The van der Waals surface area contributed by atoms with E-state index in [0.29, 0.717) is 0 Å². The van der Waals surface area contributed by atoms with Gasteiger partial charge in [0.25, 0.3) is 0 Å². The van der Waals surface area contributed by atoms with E-state index in [2.05, 4.69) is 270 Å². The molecule has 0 saturated carbocycles. The normalized spacial score (nSPS) is 12.4. The van der Waals surface area contributed by atoms with E-state index in [0.717, 1.165) is 55.5 Å². The van der Waals surface area contributed by atoms with Gasteiger partial charge in [-0.3, -0.25) is 0 Å². The zero-order valence-electron chi connectivity index (χ0n) is 41.1. The Bertz CT molecular complexity index is 3990. The van der Waals surface area contributed by atoms with E-state index in [1.807, 2.05) is 0 Å². The molecule has 0 saturated heterocycles. The Morgan fingerprint density at radius 3 is 1.04 bits per heavy atom. The van der Waals surface area contributed by atoms with Crippen molar-refractivity contribution < 1.29 is 4.42 Å². The fraction of sp³-hybridized carbons (Fsp3) is 0.118. The highest BCUT2D eigenvalue weighted by molar-refractivity contribution is 6.15. The van der Waals surface area contributed by atoms with E-state index in [9.17, 15) is 0 Å². The molecular weight excluding hydrogens is 861 g/mol. The summed E-state index contributed by atoms with van der Waals surface area (Å²) in [5.41, 5.74) is 11.0. The van der Waals surface area contributed by atoms with E-state index >= 15 is 0 Å². The maximum atomic E-state index is 6.94. The highest BCUT2D eigenvalue weighted by atomic mass is 16.3. The summed E-state index contributed by atoms with van der Waals surface area (Å²) in [7, 11) is 0. The number of anilines is 6. The predicted molar refractivity (Wildman–Crippen MR) is 306 cm³/mol. The Balaban J connectivity index is 0.994. The number of nitrogens with zero attached hydrogens (tertiary/aromatic N) is 2. The standard InChI is InChI=1S/C68H54N2O/c1-67(2,3)59-35-31-45-19-9-13-25-55(45)65(59)69(61-27-15-21-43-17-7-11-23-53(43)61)51-33-29-47-39-57-58-40-48-30-34-52(38-50(48)42-64(58)71-63(57)41-49(47)37-51)70(62-28-16-22-44-18-8-12-24-54(44)62)66-56-26-14-10-20-46(56)32-36-60(66)68(4,5)6/h7-42H,1-6H3. The largest absolute Gasteiger partial charge is 0.456 e. The van der Waals surface area contributed by atoms with Crippen molar-refractivity contribution in [2.75, 3.05) is 9.80 Å². The minimum Gasteiger partial charge on any atom is -0.456 e. The molecule has 0 aliphatic rings. The lowest BCUT2D eigenvalue weighted by Gasteiger charge is -2.34. The molecule has 0 amide bonds. The van der Waals surface area contributed by atoms with Crippen LogP contribution in [0.5, 0.6) is 0 Å². The van der Waals surface area contributed by atoms with Crippen LogP contribution in [0.3, 0.4) is 0 Å². The van der Waals surface area contributed by atoms with E-state index < -0.39 is 0 Å². The van der Waals surface area contributed by atoms with Gasteiger partial charge in [0, 0.05) is 43.7 Å². The molecule has 0 N–H and O–H groups in total. The van der Waals surface area contributed by atoms with Gasteiger partial charge in [-0.25, -0.2) is 0 Å². The summed E-state index contributed by atoms with van der Waals surface area (Å²) in [5.74, 6) is 0. The lowest BCUT2D eigenvalue weighted by Crippen LogP contribution is -2.19. The van der Waals surface area contributed by atoms with Crippen LogP contribution < -0.4 is 9.80 Å². The molecule has 0 fully saturated rings. The lowest BCUT2D eigenvalue weighted by molar-refractivity contribution is 0.591. The monoisotopic (exact) mass is 914 g/mol. The van der Waals surface area contributed by atoms with Crippen LogP contribution in [0.15, 0.2) is 223 Å². The molecule has 1 aromatic heterocycles. The van der Waals surface area contributed by atoms with Crippen molar-refractivity contribution in [1.82, 2.24) is 0 Å². The van der Waals surface area contributed by atoms with Crippen molar-refractivity contribution in [3.05, 3.63) is 230 Å². The molecule has 0 atom stereocenters. The number of fused-ring (bicyclic) bond motifs is 9. The minimum absolute atomic E-state index is 0.122. The molecule has 0 unspecified atom stereocenters. The fourth-order valence-corrected chi connectivity index (χ4v) is 11.3. The molecule has 13 aromatic rings. The Hall–Kier alpha value is -8.40. The van der Waals surface area contributed by atoms with Crippen LogP contribution in [0.2, 0.25) is 0 Å². The number of benzene rings is 12. The molecule has 12 aromatic carbocycles. The quantitative estimate of drug-likeness (QED) is 0.166. The van der Waals surface area contributed by atoms with Crippen molar-refractivity contribution in [2.45, 2.75) is 52.4 Å². The first-order valence-corrected chi connectivity index (χ1v) is 24.9. The molecule has 0 spiro atoms. The van der Waals surface area contributed by atoms with E-state index in [1.54, 1.807) is 0 Å². The van der Waals surface area contributed by atoms with Gasteiger partial charge in [0.15, 0.2) is 0 Å². The Morgan fingerprint density at radius 1 is 0.282 bits per heavy atom. The molecule has 0 aliphatic carbocycles. The third kappa shape index (κ3) is 7.10. The van der Waals surface area contributed by atoms with E-state index in [1.165, 1.54) is 76.4 Å². The van der Waals surface area contributed by atoms with Gasteiger partial charge in [-0.1, -0.05) is 199 Å². The number of hydrogen-bond acceptors (Lipinski definition) is 3. The molecule has 0 aliphatic heterocycles. The third-order valence-electron chi connectivity index (χ3n) is 14.8. The van der Waals surface area contributed by atoms with Crippen LogP contribution in [0.25, 0.3) is 86.6 Å². The molecule has 342 valence electrons. The Morgan fingerprint density at radius 2 is 0.634 bits per heavy atom. The molecule has 0 radical (unpaired) electrons. The number of rotatable bonds is 6. The number of hydrogen-bond donors (Lipinski definition) is 0. The second kappa shape index (κ2) is 16.1. The van der Waals surface area contributed by atoms with Gasteiger partial charge in [0.1, 0.15) is 11.2 Å². The van der Waals surface area contributed by atoms with Gasteiger partial charge in [0.05, 0.1) is 22.7 Å². The Labute approximate surface area is 414 Å².